The van der Waals surface area contributed by atoms with E-state index >= 15 is 19.2 Å². The van der Waals surface area contributed by atoms with Crippen LogP contribution in [0.1, 0.15) is 170 Å². The molecule has 2 fully saturated rings. The molecule has 2 N–H and O–H groups in total. The highest BCUT2D eigenvalue weighted by Crippen LogP contribution is 2.58. The average molecular weight is 1330 g/mol. The Morgan fingerprint density at radius 2 is 0.633 bits per heavy atom. The van der Waals surface area contributed by atoms with Gasteiger partial charge in [-0.15, -0.1) is 0 Å². The largest absolute Gasteiger partial charge is 0.457 e. The number of nitrogens with zero attached hydrogens (tertiary/aromatic N) is 2. The summed E-state index contributed by atoms with van der Waals surface area (Å²) in [6.45, 7) is 26.4. The minimum Gasteiger partial charge on any atom is -0.457 e. The van der Waals surface area contributed by atoms with Gasteiger partial charge in [0.1, 0.15) is 70.3 Å². The highest BCUT2D eigenvalue weighted by atomic mass is 16.6. The van der Waals surface area contributed by atoms with E-state index in [1.807, 2.05) is 97.1 Å². The van der Waals surface area contributed by atoms with Gasteiger partial charge in [-0.25, -0.2) is 0 Å². The summed E-state index contributed by atoms with van der Waals surface area (Å²) in [5.41, 5.74) is 4.35. The van der Waals surface area contributed by atoms with Gasteiger partial charge in [0, 0.05) is 56.2 Å². The topological polar surface area (TPSA) is 213 Å². The molecular weight excluding hydrogens is 1240 g/mol. The van der Waals surface area contributed by atoms with Crippen LogP contribution in [0.2, 0.25) is 0 Å². The van der Waals surface area contributed by atoms with Gasteiger partial charge in [0.05, 0.1) is 61.9 Å². The van der Waals surface area contributed by atoms with Crippen LogP contribution in [-0.4, -0.2) is 122 Å². The Balaban J connectivity index is 1.14. The van der Waals surface area contributed by atoms with E-state index in [0.29, 0.717) is 81.7 Å². The van der Waals surface area contributed by atoms with Crippen LogP contribution in [0.5, 0.6) is 46.0 Å². The first kappa shape index (κ1) is 67.1. The van der Waals surface area contributed by atoms with Crippen LogP contribution in [0.3, 0.4) is 0 Å². The van der Waals surface area contributed by atoms with Crippen LogP contribution in [0.15, 0.2) is 121 Å². The molecule has 4 heterocycles. The number of ether oxygens (including phenoxy) is 8. The minimum atomic E-state index is -1.31. The molecule has 18 heteroatoms. The molecule has 9 aromatic carbocycles. The maximum Gasteiger partial charge on any atom is 0.262 e. The number of benzene rings is 9. The van der Waals surface area contributed by atoms with Crippen molar-refractivity contribution in [1.82, 2.24) is 20.4 Å². The highest BCUT2D eigenvalue weighted by molar-refractivity contribution is 6.45. The fourth-order valence-electron chi connectivity index (χ4n) is 13.5. The molecule has 4 unspecified atom stereocenters. The van der Waals surface area contributed by atoms with Crippen LogP contribution in [-0.2, 0) is 28.5 Å². The standard InChI is InChI=1S/C80H84N4O14/c1-41(2)47-13-21-51(22-14-47)95-61-33-57-65-58(78(88)83(77(57)87)73(45(9)10)75(85)81-29-31-91-37-55-39-93-55)35-63(97-53-25-17-49(18-26-53)43(5)6)69-70-64(98-54-27-19-50(20-28-54)44(7)8)36-60-66-59(79(89)84(80(60)90)74(46(11)12)76(86)82-30-32-92-38-56-40-94-56)34-62(68(72(66)70)67(61)71(65)69)96-52-23-15-48(16-24-52)42(3)4/h13-28,33-36,41-46,55-56,73-74H,29-32,37-40H2,1-12H3,(H,81,85)(H,82,86). The summed E-state index contributed by atoms with van der Waals surface area (Å²) in [5, 5.41) is 8.27. The van der Waals surface area contributed by atoms with E-state index in [0.717, 1.165) is 32.1 Å². The van der Waals surface area contributed by atoms with Crippen molar-refractivity contribution in [2.75, 3.05) is 52.7 Å². The quantitative estimate of drug-likeness (QED) is 0.0154. The lowest BCUT2D eigenvalue weighted by molar-refractivity contribution is -0.127. The third-order valence-corrected chi connectivity index (χ3v) is 18.9. The van der Waals surface area contributed by atoms with Crippen molar-refractivity contribution < 1.29 is 66.7 Å². The van der Waals surface area contributed by atoms with Gasteiger partial charge in [-0.1, -0.05) is 132 Å². The molecule has 0 spiro atoms. The molecule has 9 aromatic rings. The summed E-state index contributed by atoms with van der Waals surface area (Å²) in [5.74, 6) is -2.59. The Morgan fingerprint density at radius 3 is 0.847 bits per heavy atom. The van der Waals surface area contributed by atoms with E-state index in [9.17, 15) is 9.59 Å². The van der Waals surface area contributed by atoms with Gasteiger partial charge in [-0.3, -0.25) is 38.6 Å². The lowest BCUT2D eigenvalue weighted by Crippen LogP contribution is -2.56. The molecule has 0 aliphatic carbocycles. The van der Waals surface area contributed by atoms with Gasteiger partial charge < -0.3 is 48.5 Å². The van der Waals surface area contributed by atoms with Gasteiger partial charge in [-0.2, -0.15) is 0 Å². The second kappa shape index (κ2) is 27.5. The molecule has 98 heavy (non-hydrogen) atoms. The minimum absolute atomic E-state index is 0.0139. The number of imide groups is 2. The van der Waals surface area contributed by atoms with E-state index in [4.69, 9.17) is 37.9 Å². The molecule has 0 aromatic heterocycles. The van der Waals surface area contributed by atoms with Crippen molar-refractivity contribution >= 4 is 78.5 Å². The van der Waals surface area contributed by atoms with Crippen molar-refractivity contribution in [3.63, 3.8) is 0 Å². The highest BCUT2D eigenvalue weighted by Gasteiger charge is 2.47. The first-order chi connectivity index (χ1) is 47.1. The van der Waals surface area contributed by atoms with E-state index in [2.05, 4.69) is 66.0 Å². The van der Waals surface area contributed by atoms with Crippen molar-refractivity contribution in [1.29, 1.82) is 0 Å². The molecular formula is C80H84N4O14. The zero-order chi connectivity index (χ0) is 69.1. The predicted octanol–water partition coefficient (Wildman–Crippen LogP) is 15.7. The second-order valence-corrected chi connectivity index (χ2v) is 28.0. The fraction of sp³-hybridized carbons (Fsp3) is 0.375. The SMILES string of the molecule is CC(C)c1ccc(Oc2cc3c4c(cc(Oc5ccc(C(C)C)cc5)c5c6c(Oc7ccc(C(C)C)cc7)cc7c8c(cc(Oc9ccc(C(C)C)cc9)c(c2c45)c86)C(=O)N(C(C(=O)NCCOCC2CO2)C(C)C)C7=O)C(=O)N(C(C(=O)NCCOCC2CO2)C(C)C)C3=O)cc1. The smallest absolute Gasteiger partial charge is 0.262 e. The van der Waals surface area contributed by atoms with Crippen LogP contribution >= 0.6 is 0 Å². The Bertz CT molecular complexity index is 4050. The normalized spacial score (nSPS) is 16.5. The van der Waals surface area contributed by atoms with E-state index in [-0.39, 0.29) is 118 Å². The van der Waals surface area contributed by atoms with Gasteiger partial charge in [0.15, 0.2) is 0 Å². The lowest BCUT2D eigenvalue weighted by Gasteiger charge is -2.37. The van der Waals surface area contributed by atoms with E-state index < -0.39 is 59.4 Å². The molecule has 18 nitrogen and oxygen atoms in total. The number of carbonyl (C=O) groups is 6. The Labute approximate surface area is 570 Å². The van der Waals surface area contributed by atoms with E-state index in [1.165, 1.54) is 0 Å². The Hall–Kier alpha value is -9.46. The zero-order valence-electron chi connectivity index (χ0n) is 57.6. The number of epoxide rings is 2. The summed E-state index contributed by atoms with van der Waals surface area (Å²) in [4.78, 5) is 96.3. The molecule has 4 aliphatic rings. The number of hydrogen-bond acceptors (Lipinski definition) is 14. The fourth-order valence-corrected chi connectivity index (χ4v) is 13.5. The molecule has 4 aliphatic heterocycles. The molecule has 0 bridgehead atoms. The summed E-state index contributed by atoms with van der Waals surface area (Å²) < 4.78 is 51.2. The first-order valence-corrected chi connectivity index (χ1v) is 34.2. The number of amides is 6. The first-order valence-electron chi connectivity index (χ1n) is 34.2. The zero-order valence-corrected chi connectivity index (χ0v) is 57.6. The van der Waals surface area contributed by atoms with Crippen molar-refractivity contribution in [3.05, 3.63) is 166 Å². The summed E-state index contributed by atoms with van der Waals surface area (Å²) in [6, 6.07) is 34.4. The predicted molar refractivity (Wildman–Crippen MR) is 375 cm³/mol. The van der Waals surface area contributed by atoms with E-state index in [1.54, 1.807) is 52.0 Å². The molecule has 6 amide bonds. The summed E-state index contributed by atoms with van der Waals surface area (Å²) >= 11 is 0. The third-order valence-electron chi connectivity index (χ3n) is 18.9. The van der Waals surface area contributed by atoms with Crippen LogP contribution in [0.25, 0.3) is 43.1 Å². The third kappa shape index (κ3) is 13.0. The van der Waals surface area contributed by atoms with Crippen molar-refractivity contribution in [2.45, 2.75) is 131 Å². The molecule has 508 valence electrons. The summed E-state index contributed by atoms with van der Waals surface area (Å²) in [7, 11) is 0. The molecule has 2 saturated heterocycles. The Kier molecular flexibility index (Phi) is 18.8. The van der Waals surface area contributed by atoms with Gasteiger partial charge in [0.25, 0.3) is 23.6 Å². The molecule has 0 saturated carbocycles. The van der Waals surface area contributed by atoms with Gasteiger partial charge in [-0.05, 0) is 131 Å². The Morgan fingerprint density at radius 1 is 0.388 bits per heavy atom. The van der Waals surface area contributed by atoms with Crippen molar-refractivity contribution in [2.24, 2.45) is 11.8 Å². The summed E-state index contributed by atoms with van der Waals surface area (Å²) in [6.07, 6.45) is 0.0279. The lowest BCUT2D eigenvalue weighted by atomic mass is 9.80. The average Bonchev–Trinajstić information content (AvgIpc) is 1.46. The van der Waals surface area contributed by atoms with Gasteiger partial charge in [0.2, 0.25) is 11.8 Å². The number of carbonyl (C=O) groups excluding carboxylic acids is 6. The maximum atomic E-state index is 16.2. The number of nitrogens with one attached hydrogen (secondary N) is 2. The van der Waals surface area contributed by atoms with Crippen LogP contribution in [0.4, 0.5) is 0 Å². The van der Waals surface area contributed by atoms with Gasteiger partial charge >= 0.3 is 0 Å². The number of hydrogen-bond donors (Lipinski definition) is 2. The maximum absolute atomic E-state index is 16.2. The molecule has 4 atom stereocenters. The molecule has 13 rings (SSSR count). The number of rotatable bonds is 28. The van der Waals surface area contributed by atoms with Crippen LogP contribution < -0.4 is 29.6 Å². The number of fused-ring (bicyclic) bond motifs is 2. The van der Waals surface area contributed by atoms with Crippen molar-refractivity contribution in [3.8, 4) is 46.0 Å². The monoisotopic (exact) mass is 1320 g/mol. The van der Waals surface area contributed by atoms with Crippen LogP contribution in [0, 0.1) is 11.8 Å². The molecule has 0 radical (unpaired) electrons. The second-order valence-electron chi connectivity index (χ2n) is 28.0.